The average Bonchev–Trinajstić information content (AvgIpc) is 3.33. The first-order valence-electron chi connectivity index (χ1n) is 9.79. The number of carbonyl (C=O) groups is 1. The molecule has 0 radical (unpaired) electrons. The summed E-state index contributed by atoms with van der Waals surface area (Å²) < 4.78 is 2.09. The van der Waals surface area contributed by atoms with E-state index in [0.717, 1.165) is 58.5 Å². The second-order valence-electron chi connectivity index (χ2n) is 7.42. The van der Waals surface area contributed by atoms with E-state index in [0.29, 0.717) is 18.4 Å². The molecule has 0 unspecified atom stereocenters. The zero-order valence-electron chi connectivity index (χ0n) is 15.6. The molecule has 1 N–H and O–H groups in total. The van der Waals surface area contributed by atoms with Crippen molar-refractivity contribution in [2.24, 2.45) is 5.92 Å². The number of likely N-dealkylation sites (tertiary alicyclic amines) is 1. The lowest BCUT2D eigenvalue weighted by molar-refractivity contribution is -0.131. The molecule has 2 aliphatic rings. The molecule has 4 rings (SSSR count). The molecule has 0 aliphatic carbocycles. The van der Waals surface area contributed by atoms with Gasteiger partial charge in [0.25, 0.3) is 0 Å². The van der Waals surface area contributed by atoms with Crippen LogP contribution in [-0.2, 0) is 17.9 Å². The Labute approximate surface area is 159 Å². The number of carbonyl (C=O) groups excluding carboxylic acids is 1. The summed E-state index contributed by atoms with van der Waals surface area (Å²) in [5.41, 5.74) is 1.19. The van der Waals surface area contributed by atoms with Crippen molar-refractivity contribution in [3.05, 3.63) is 36.4 Å². The number of nitrogens with one attached hydrogen (secondary N) is 1. The van der Waals surface area contributed by atoms with Crippen molar-refractivity contribution in [2.75, 3.05) is 38.0 Å². The quantitative estimate of drug-likeness (QED) is 0.825. The summed E-state index contributed by atoms with van der Waals surface area (Å²) in [6, 6.07) is 3.87. The highest BCUT2D eigenvalue weighted by molar-refractivity contribution is 5.78. The summed E-state index contributed by atoms with van der Waals surface area (Å²) in [6.07, 6.45) is 8.58. The van der Waals surface area contributed by atoms with Crippen LogP contribution in [0.15, 0.2) is 30.7 Å². The fourth-order valence-corrected chi connectivity index (χ4v) is 3.96. The van der Waals surface area contributed by atoms with Gasteiger partial charge in [0.2, 0.25) is 11.9 Å². The predicted octanol–water partition coefficient (Wildman–Crippen LogP) is 1.23. The third kappa shape index (κ3) is 4.63. The molecule has 27 heavy (non-hydrogen) atoms. The number of rotatable bonds is 6. The van der Waals surface area contributed by atoms with Gasteiger partial charge in [-0.2, -0.15) is 5.10 Å². The first kappa shape index (κ1) is 17.9. The van der Waals surface area contributed by atoms with E-state index >= 15 is 0 Å². The summed E-state index contributed by atoms with van der Waals surface area (Å²) in [6.45, 7) is 5.69. The molecule has 0 saturated carbocycles. The number of nitrogens with zero attached hydrogens (tertiary/aromatic N) is 6. The van der Waals surface area contributed by atoms with Gasteiger partial charge in [-0.15, -0.1) is 0 Å². The average molecular weight is 369 g/mol. The Morgan fingerprint density at radius 2 is 1.96 bits per heavy atom. The van der Waals surface area contributed by atoms with Crippen LogP contribution in [0.3, 0.4) is 0 Å². The molecule has 8 nitrogen and oxygen atoms in total. The maximum atomic E-state index is 12.6. The highest BCUT2D eigenvalue weighted by atomic mass is 16.2. The van der Waals surface area contributed by atoms with Crippen molar-refractivity contribution in [3.63, 3.8) is 0 Å². The molecule has 2 aliphatic heterocycles. The fourth-order valence-electron chi connectivity index (χ4n) is 3.96. The molecule has 0 spiro atoms. The second kappa shape index (κ2) is 8.47. The zero-order valence-corrected chi connectivity index (χ0v) is 15.6. The molecule has 2 aromatic rings. The predicted molar refractivity (Wildman–Crippen MR) is 102 cm³/mol. The van der Waals surface area contributed by atoms with Gasteiger partial charge in [-0.25, -0.2) is 9.97 Å². The number of fused-ring (bicyclic) bond motifs is 1. The van der Waals surface area contributed by atoms with Gasteiger partial charge >= 0.3 is 0 Å². The summed E-state index contributed by atoms with van der Waals surface area (Å²) in [5, 5.41) is 7.76. The van der Waals surface area contributed by atoms with Gasteiger partial charge in [-0.3, -0.25) is 14.4 Å². The zero-order chi connectivity index (χ0) is 18.5. The van der Waals surface area contributed by atoms with E-state index in [4.69, 9.17) is 0 Å². The number of hydrogen-bond donors (Lipinski definition) is 1. The molecular formula is C19H27N7O. The third-order valence-electron chi connectivity index (χ3n) is 5.36. The molecule has 144 valence electrons. The Bertz CT molecular complexity index is 742. The van der Waals surface area contributed by atoms with Gasteiger partial charge in [0.15, 0.2) is 0 Å². The second-order valence-corrected chi connectivity index (χ2v) is 7.42. The molecular weight excluding hydrogens is 342 g/mol. The molecule has 2 aromatic heterocycles. The van der Waals surface area contributed by atoms with E-state index in [1.54, 1.807) is 12.4 Å². The van der Waals surface area contributed by atoms with Crippen LogP contribution >= 0.6 is 0 Å². The largest absolute Gasteiger partial charge is 0.354 e. The van der Waals surface area contributed by atoms with E-state index in [1.807, 2.05) is 17.2 Å². The Morgan fingerprint density at radius 1 is 1.15 bits per heavy atom. The number of hydrogen-bond acceptors (Lipinski definition) is 6. The summed E-state index contributed by atoms with van der Waals surface area (Å²) in [4.78, 5) is 25.3. The lowest BCUT2D eigenvalue weighted by Gasteiger charge is -2.25. The SMILES string of the molecule is O=C(CN1Cc2ccnn2C[C@H](CCNc2ncccn2)C1)N1CCCC1. The smallest absolute Gasteiger partial charge is 0.236 e. The molecule has 1 amide bonds. The number of anilines is 1. The number of amides is 1. The minimum Gasteiger partial charge on any atom is -0.354 e. The normalized spacial score (nSPS) is 20.3. The summed E-state index contributed by atoms with van der Waals surface area (Å²) in [5.74, 6) is 1.34. The minimum absolute atomic E-state index is 0.259. The van der Waals surface area contributed by atoms with Gasteiger partial charge in [-0.05, 0) is 37.3 Å². The monoisotopic (exact) mass is 369 g/mol. The van der Waals surface area contributed by atoms with E-state index in [2.05, 4.69) is 36.0 Å². The van der Waals surface area contributed by atoms with Crippen LogP contribution in [0.2, 0.25) is 0 Å². The summed E-state index contributed by atoms with van der Waals surface area (Å²) >= 11 is 0. The van der Waals surface area contributed by atoms with Crippen LogP contribution < -0.4 is 5.32 Å². The van der Waals surface area contributed by atoms with Crippen LogP contribution in [0.1, 0.15) is 25.0 Å². The Hall–Kier alpha value is -2.48. The van der Waals surface area contributed by atoms with Gasteiger partial charge in [0, 0.05) is 57.9 Å². The number of aromatic nitrogens is 4. The highest BCUT2D eigenvalue weighted by Crippen LogP contribution is 2.19. The van der Waals surface area contributed by atoms with Gasteiger partial charge in [0.1, 0.15) is 0 Å². The minimum atomic E-state index is 0.259. The first-order chi connectivity index (χ1) is 13.3. The topological polar surface area (TPSA) is 79.2 Å². The van der Waals surface area contributed by atoms with Gasteiger partial charge < -0.3 is 10.2 Å². The lowest BCUT2D eigenvalue weighted by atomic mass is 10.1. The third-order valence-corrected chi connectivity index (χ3v) is 5.36. The standard InChI is InChI=1S/C19H27N7O/c27-18(25-10-1-2-11-25)15-24-12-16(13-26-17(14-24)5-9-23-26)4-8-22-19-20-6-3-7-21-19/h3,5-7,9,16H,1-2,4,8,10-15H2,(H,20,21,22)/t16-/m1/s1. The first-order valence-corrected chi connectivity index (χ1v) is 9.79. The maximum Gasteiger partial charge on any atom is 0.236 e. The maximum absolute atomic E-state index is 12.6. The Kier molecular flexibility index (Phi) is 5.62. The van der Waals surface area contributed by atoms with Gasteiger partial charge in [-0.1, -0.05) is 0 Å². The molecule has 8 heteroatoms. The fraction of sp³-hybridized carbons (Fsp3) is 0.579. The van der Waals surface area contributed by atoms with Crippen molar-refractivity contribution in [3.8, 4) is 0 Å². The van der Waals surface area contributed by atoms with Crippen LogP contribution in [0, 0.1) is 5.92 Å². The Morgan fingerprint density at radius 3 is 2.78 bits per heavy atom. The van der Waals surface area contributed by atoms with Gasteiger partial charge in [0.05, 0.1) is 12.2 Å². The lowest BCUT2D eigenvalue weighted by Crippen LogP contribution is -2.40. The van der Waals surface area contributed by atoms with Crippen LogP contribution in [0.4, 0.5) is 5.95 Å². The highest BCUT2D eigenvalue weighted by Gasteiger charge is 2.26. The van der Waals surface area contributed by atoms with E-state index < -0.39 is 0 Å². The molecule has 1 saturated heterocycles. The molecule has 1 atom stereocenters. The molecule has 1 fully saturated rings. The molecule has 4 heterocycles. The van der Waals surface area contributed by atoms with Crippen LogP contribution in [0.5, 0.6) is 0 Å². The van der Waals surface area contributed by atoms with Crippen LogP contribution in [-0.4, -0.2) is 68.2 Å². The van der Waals surface area contributed by atoms with Crippen molar-refractivity contribution < 1.29 is 4.79 Å². The van der Waals surface area contributed by atoms with Crippen molar-refractivity contribution >= 4 is 11.9 Å². The molecule has 0 aromatic carbocycles. The Balaban J connectivity index is 1.36. The van der Waals surface area contributed by atoms with E-state index in [1.165, 1.54) is 5.69 Å². The van der Waals surface area contributed by atoms with Crippen molar-refractivity contribution in [2.45, 2.75) is 32.4 Å². The van der Waals surface area contributed by atoms with Crippen LogP contribution in [0.25, 0.3) is 0 Å². The van der Waals surface area contributed by atoms with Crippen molar-refractivity contribution in [1.29, 1.82) is 0 Å². The summed E-state index contributed by atoms with van der Waals surface area (Å²) in [7, 11) is 0. The van der Waals surface area contributed by atoms with E-state index in [9.17, 15) is 4.79 Å². The molecule has 0 bridgehead atoms. The van der Waals surface area contributed by atoms with Crippen molar-refractivity contribution in [1.82, 2.24) is 29.5 Å². The van der Waals surface area contributed by atoms with E-state index in [-0.39, 0.29) is 5.91 Å².